The van der Waals surface area contributed by atoms with Gasteiger partial charge in [0.15, 0.2) is 0 Å². The predicted molar refractivity (Wildman–Crippen MR) is 95.3 cm³/mol. The predicted octanol–water partition coefficient (Wildman–Crippen LogP) is 3.05. The van der Waals surface area contributed by atoms with E-state index in [9.17, 15) is 14.7 Å². The van der Waals surface area contributed by atoms with Crippen LogP contribution >= 0.6 is 0 Å². The summed E-state index contributed by atoms with van der Waals surface area (Å²) in [5.41, 5.74) is 0.516. The highest BCUT2D eigenvalue weighted by Crippen LogP contribution is 2.23. The lowest BCUT2D eigenvalue weighted by molar-refractivity contribution is -0.144. The lowest BCUT2D eigenvalue weighted by Crippen LogP contribution is -2.55. The van der Waals surface area contributed by atoms with Crippen LogP contribution in [0.2, 0.25) is 0 Å². The molecule has 1 fully saturated rings. The molecule has 1 heterocycles. The summed E-state index contributed by atoms with van der Waals surface area (Å²) in [6.07, 6.45) is 0.0174. The quantitative estimate of drug-likeness (QED) is 0.874. The van der Waals surface area contributed by atoms with Gasteiger partial charge in [-0.15, -0.1) is 0 Å². The van der Waals surface area contributed by atoms with Gasteiger partial charge in [0.2, 0.25) is 0 Å². The molecular formula is C19H28N2O4. The number of rotatable bonds is 4. The van der Waals surface area contributed by atoms with Gasteiger partial charge in [-0.1, -0.05) is 30.3 Å². The van der Waals surface area contributed by atoms with Gasteiger partial charge in [-0.3, -0.25) is 4.79 Å². The lowest BCUT2D eigenvalue weighted by Gasteiger charge is -2.39. The Morgan fingerprint density at radius 1 is 1.28 bits per heavy atom. The number of benzene rings is 1. The number of hydrogen-bond donors (Lipinski definition) is 2. The topological polar surface area (TPSA) is 78.9 Å². The Morgan fingerprint density at radius 2 is 1.92 bits per heavy atom. The molecule has 138 valence electrons. The van der Waals surface area contributed by atoms with Crippen molar-refractivity contribution in [1.29, 1.82) is 0 Å². The molecule has 0 aromatic heterocycles. The fourth-order valence-corrected chi connectivity index (χ4v) is 3.07. The Hall–Kier alpha value is -2.08. The molecule has 1 amide bonds. The molecule has 0 saturated carbocycles. The first-order valence-electron chi connectivity index (χ1n) is 8.69. The monoisotopic (exact) mass is 348 g/mol. The van der Waals surface area contributed by atoms with Crippen LogP contribution in [0.5, 0.6) is 0 Å². The number of likely N-dealkylation sites (tertiary alicyclic amines) is 1. The molecule has 1 aromatic rings. The second-order valence-corrected chi connectivity index (χ2v) is 7.57. The second-order valence-electron chi connectivity index (χ2n) is 7.57. The average Bonchev–Trinajstić information content (AvgIpc) is 2.53. The molecule has 1 unspecified atom stereocenters. The molecule has 0 aliphatic carbocycles. The van der Waals surface area contributed by atoms with E-state index in [0.29, 0.717) is 19.5 Å². The number of carboxylic acids is 1. The van der Waals surface area contributed by atoms with E-state index >= 15 is 0 Å². The van der Waals surface area contributed by atoms with Crippen molar-refractivity contribution in [3.63, 3.8) is 0 Å². The molecule has 6 nitrogen and oxygen atoms in total. The molecule has 0 bridgehead atoms. The number of carbonyl (C=O) groups is 2. The number of carboxylic acid groups (broad SMARTS) is 1. The largest absolute Gasteiger partial charge is 0.481 e. The van der Waals surface area contributed by atoms with Gasteiger partial charge in [0.25, 0.3) is 0 Å². The third-order valence-electron chi connectivity index (χ3n) is 4.35. The number of piperidine rings is 1. The summed E-state index contributed by atoms with van der Waals surface area (Å²) < 4.78 is 5.42. The summed E-state index contributed by atoms with van der Waals surface area (Å²) in [5.74, 6) is -1.36. The van der Waals surface area contributed by atoms with Crippen LogP contribution < -0.4 is 5.32 Å². The van der Waals surface area contributed by atoms with Crippen LogP contribution in [0.3, 0.4) is 0 Å². The smallest absolute Gasteiger partial charge is 0.410 e. The molecule has 1 aliphatic heterocycles. The Bertz CT molecular complexity index is 597. The maximum Gasteiger partial charge on any atom is 0.410 e. The molecular weight excluding hydrogens is 320 g/mol. The molecule has 25 heavy (non-hydrogen) atoms. The fraction of sp³-hybridized carbons (Fsp3) is 0.579. The van der Waals surface area contributed by atoms with Crippen molar-refractivity contribution in [2.75, 3.05) is 13.1 Å². The first-order valence-corrected chi connectivity index (χ1v) is 8.69. The van der Waals surface area contributed by atoms with Crippen molar-refractivity contribution >= 4 is 12.1 Å². The summed E-state index contributed by atoms with van der Waals surface area (Å²) in [7, 11) is 0. The molecule has 1 saturated heterocycles. The fourth-order valence-electron chi connectivity index (χ4n) is 3.07. The van der Waals surface area contributed by atoms with Crippen molar-refractivity contribution in [3.8, 4) is 0 Å². The van der Waals surface area contributed by atoms with Crippen molar-refractivity contribution in [2.45, 2.75) is 51.8 Å². The minimum absolute atomic E-state index is 0.00774. The first-order chi connectivity index (χ1) is 11.7. The van der Waals surface area contributed by atoms with Gasteiger partial charge in [0, 0.05) is 25.2 Å². The van der Waals surface area contributed by atoms with E-state index in [2.05, 4.69) is 5.32 Å². The van der Waals surface area contributed by atoms with Gasteiger partial charge in [0.1, 0.15) is 5.60 Å². The van der Waals surface area contributed by atoms with Crippen LogP contribution in [0.1, 0.15) is 45.7 Å². The Balaban J connectivity index is 2.08. The minimum atomic E-state index is -0.832. The molecule has 0 spiro atoms. The summed E-state index contributed by atoms with van der Waals surface area (Å²) in [5, 5.41) is 12.9. The van der Waals surface area contributed by atoms with E-state index in [0.717, 1.165) is 5.56 Å². The summed E-state index contributed by atoms with van der Waals surface area (Å²) >= 11 is 0. The van der Waals surface area contributed by atoms with E-state index in [4.69, 9.17) is 4.74 Å². The van der Waals surface area contributed by atoms with Gasteiger partial charge in [0.05, 0.1) is 5.92 Å². The van der Waals surface area contributed by atoms with Crippen LogP contribution in [-0.4, -0.2) is 46.8 Å². The van der Waals surface area contributed by atoms with Gasteiger partial charge in [-0.25, -0.2) is 4.79 Å². The number of aliphatic carboxylic acids is 1. The molecule has 2 rings (SSSR count). The summed E-state index contributed by atoms with van der Waals surface area (Å²) in [4.78, 5) is 25.5. The van der Waals surface area contributed by atoms with Crippen LogP contribution in [-0.2, 0) is 9.53 Å². The first kappa shape index (κ1) is 19.2. The number of nitrogens with zero attached hydrogens (tertiary/aromatic N) is 1. The van der Waals surface area contributed by atoms with Crippen LogP contribution in [0.15, 0.2) is 30.3 Å². The summed E-state index contributed by atoms with van der Waals surface area (Å²) in [6, 6.07) is 9.53. The molecule has 6 heteroatoms. The van der Waals surface area contributed by atoms with Crippen LogP contribution in [0, 0.1) is 5.92 Å². The minimum Gasteiger partial charge on any atom is -0.481 e. The van der Waals surface area contributed by atoms with Gasteiger partial charge >= 0.3 is 12.1 Å². The van der Waals surface area contributed by atoms with E-state index in [1.165, 1.54) is 0 Å². The van der Waals surface area contributed by atoms with E-state index in [1.54, 1.807) is 4.90 Å². The zero-order valence-electron chi connectivity index (χ0n) is 15.4. The number of hydrogen-bond acceptors (Lipinski definition) is 4. The van der Waals surface area contributed by atoms with Gasteiger partial charge in [-0.2, -0.15) is 0 Å². The Morgan fingerprint density at radius 3 is 2.48 bits per heavy atom. The van der Waals surface area contributed by atoms with Gasteiger partial charge < -0.3 is 20.1 Å². The molecule has 1 aliphatic rings. The van der Waals surface area contributed by atoms with E-state index in [-0.39, 0.29) is 12.1 Å². The van der Waals surface area contributed by atoms with Crippen molar-refractivity contribution < 1.29 is 19.4 Å². The second kappa shape index (κ2) is 7.87. The molecule has 3 atom stereocenters. The SMILES string of the molecule is CC(N[C@H]1CN(C(=O)OC(C)(C)C)CC[C@@H]1C(=O)O)c1ccccc1. The normalized spacial score (nSPS) is 22.3. The van der Waals surface area contributed by atoms with E-state index in [1.807, 2.05) is 58.0 Å². The Labute approximate surface area is 149 Å². The number of amides is 1. The Kier molecular flexibility index (Phi) is 6.06. The lowest BCUT2D eigenvalue weighted by atomic mass is 9.90. The van der Waals surface area contributed by atoms with Crippen molar-refractivity contribution in [2.24, 2.45) is 5.92 Å². The zero-order valence-corrected chi connectivity index (χ0v) is 15.4. The molecule has 0 radical (unpaired) electrons. The van der Waals surface area contributed by atoms with Crippen LogP contribution in [0.25, 0.3) is 0 Å². The highest BCUT2D eigenvalue weighted by atomic mass is 16.6. The average molecular weight is 348 g/mol. The third kappa shape index (κ3) is 5.46. The zero-order chi connectivity index (χ0) is 18.6. The number of nitrogens with one attached hydrogen (secondary N) is 1. The summed E-state index contributed by atoms with van der Waals surface area (Å²) in [6.45, 7) is 8.18. The highest BCUT2D eigenvalue weighted by Gasteiger charge is 2.37. The molecule has 2 N–H and O–H groups in total. The van der Waals surface area contributed by atoms with Crippen LogP contribution in [0.4, 0.5) is 4.79 Å². The number of ether oxygens (including phenoxy) is 1. The van der Waals surface area contributed by atoms with Crippen molar-refractivity contribution in [3.05, 3.63) is 35.9 Å². The maximum absolute atomic E-state index is 12.3. The van der Waals surface area contributed by atoms with Gasteiger partial charge in [-0.05, 0) is 39.7 Å². The van der Waals surface area contributed by atoms with Crippen molar-refractivity contribution in [1.82, 2.24) is 10.2 Å². The highest BCUT2D eigenvalue weighted by molar-refractivity contribution is 5.73. The number of carbonyl (C=O) groups excluding carboxylic acids is 1. The molecule has 1 aromatic carbocycles. The standard InChI is InChI=1S/C19H28N2O4/c1-13(14-8-6-5-7-9-14)20-16-12-21(11-10-15(16)17(22)23)18(24)25-19(2,3)4/h5-9,13,15-16,20H,10-12H2,1-4H3,(H,22,23)/t13?,15-,16-/m0/s1. The van der Waals surface area contributed by atoms with E-state index < -0.39 is 23.6 Å². The third-order valence-corrected chi connectivity index (χ3v) is 4.35. The maximum atomic E-state index is 12.3.